The van der Waals surface area contributed by atoms with Crippen LogP contribution in [0, 0.1) is 11.8 Å². The van der Waals surface area contributed by atoms with Gasteiger partial charge in [-0.3, -0.25) is 14.4 Å². The maximum absolute atomic E-state index is 12.1. The topological polar surface area (TPSA) is 144 Å². The van der Waals surface area contributed by atoms with Crippen molar-refractivity contribution in [3.63, 3.8) is 0 Å². The number of ether oxygens (including phenoxy) is 1. The van der Waals surface area contributed by atoms with E-state index in [1.54, 1.807) is 0 Å². The zero-order chi connectivity index (χ0) is 18.3. The number of carboxylic acids is 1. The third-order valence-corrected chi connectivity index (χ3v) is 4.08. The fourth-order valence-electron chi connectivity index (χ4n) is 2.61. The molecule has 0 spiro atoms. The van der Waals surface area contributed by atoms with Crippen molar-refractivity contribution in [1.82, 2.24) is 4.90 Å². The van der Waals surface area contributed by atoms with E-state index in [2.05, 4.69) is 0 Å². The molecule has 0 aromatic rings. The molecule has 1 rings (SSSR count). The molecule has 139 valence electrons. The summed E-state index contributed by atoms with van der Waals surface area (Å²) in [5, 5.41) is 9.04. The second-order valence-corrected chi connectivity index (χ2v) is 5.80. The van der Waals surface area contributed by atoms with E-state index in [1.165, 1.54) is 11.9 Å². The summed E-state index contributed by atoms with van der Waals surface area (Å²) in [6, 6.07) is -0.889. The van der Waals surface area contributed by atoms with Gasteiger partial charge in [-0.2, -0.15) is 0 Å². The Morgan fingerprint density at radius 3 is 2.40 bits per heavy atom. The largest absolute Gasteiger partial charge is 0.481 e. The first kappa shape index (κ1) is 23.3. The van der Waals surface area contributed by atoms with Crippen LogP contribution in [0.3, 0.4) is 0 Å². The first-order chi connectivity index (χ1) is 11.3. The van der Waals surface area contributed by atoms with Crippen molar-refractivity contribution in [3.05, 3.63) is 0 Å². The van der Waals surface area contributed by atoms with E-state index in [4.69, 9.17) is 15.6 Å². The molecule has 1 aliphatic rings. The predicted molar refractivity (Wildman–Crippen MR) is 80.7 cm³/mol. The maximum Gasteiger partial charge on any atom is 0.308 e. The van der Waals surface area contributed by atoms with Gasteiger partial charge in [0.25, 0.3) is 0 Å². The summed E-state index contributed by atoms with van der Waals surface area (Å²) in [6.45, 7) is -0.0259. The van der Waals surface area contributed by atoms with E-state index in [-0.39, 0.29) is 56.4 Å². The minimum Gasteiger partial charge on any atom is -0.481 e. The number of rotatable bonds is 10. The van der Waals surface area contributed by atoms with Gasteiger partial charge in [-0.05, 0) is 12.8 Å². The molecule has 1 aliphatic carbocycles. The maximum atomic E-state index is 12.1. The molecule has 25 heavy (non-hydrogen) atoms. The molecule has 0 aromatic carbocycles. The molecule has 0 aliphatic heterocycles. The van der Waals surface area contributed by atoms with Crippen LogP contribution in [0.1, 0.15) is 25.7 Å². The molecule has 0 saturated heterocycles. The summed E-state index contributed by atoms with van der Waals surface area (Å²) in [7, 11) is 1.51. The van der Waals surface area contributed by atoms with Gasteiger partial charge in [-0.15, -0.1) is 0 Å². The van der Waals surface area contributed by atoms with Crippen molar-refractivity contribution in [2.24, 2.45) is 17.6 Å². The molecule has 9 nitrogen and oxygen atoms in total. The number of hydrogen-bond donors (Lipinski definition) is 2. The Hall–Kier alpha value is -1.71. The van der Waals surface area contributed by atoms with Crippen LogP contribution >= 0.6 is 0 Å². The second-order valence-electron chi connectivity index (χ2n) is 5.80. The molecule has 0 aromatic heterocycles. The first-order valence-corrected chi connectivity index (χ1v) is 7.62. The molecule has 3 N–H and O–H groups in total. The van der Waals surface area contributed by atoms with Crippen LogP contribution in [0.15, 0.2) is 0 Å². The van der Waals surface area contributed by atoms with Crippen molar-refractivity contribution in [1.29, 1.82) is 0 Å². The van der Waals surface area contributed by atoms with Crippen molar-refractivity contribution in [2.75, 3.05) is 13.7 Å². The number of nitrogens with two attached hydrogens (primary N) is 1. The number of nitrogens with zero attached hydrogens (tertiary/aromatic N) is 1. The van der Waals surface area contributed by atoms with Crippen LogP contribution in [0.5, 0.6) is 0 Å². The molecular weight excluding hydrogens is 371 g/mol. The van der Waals surface area contributed by atoms with E-state index in [0.717, 1.165) is 0 Å². The Balaban J connectivity index is 0.00000576. The molecule has 0 heterocycles. The Morgan fingerprint density at radius 1 is 1.32 bits per heavy atom. The summed E-state index contributed by atoms with van der Waals surface area (Å²) < 4.78 is 4.84. The third-order valence-electron chi connectivity index (χ3n) is 4.08. The Kier molecular flexibility index (Phi) is 10.3. The van der Waals surface area contributed by atoms with Gasteiger partial charge in [-0.25, -0.2) is 0 Å². The van der Waals surface area contributed by atoms with Crippen LogP contribution < -0.4 is 5.73 Å². The SMILES string of the molecule is CN(C(=O)CCCOC(=O)CC(C=O)C=O)C1C(N)CC1C(=O)O.[V]. The summed E-state index contributed by atoms with van der Waals surface area (Å²) in [4.78, 5) is 56.6. The van der Waals surface area contributed by atoms with Crippen LogP contribution in [-0.2, 0) is 47.3 Å². The molecule has 1 fully saturated rings. The number of carbonyl (C=O) groups excluding carboxylic acids is 4. The fraction of sp³-hybridized carbons (Fsp3) is 0.667. The molecule has 3 unspecified atom stereocenters. The Bertz CT molecular complexity index is 506. The Labute approximate surface area is 157 Å². The summed E-state index contributed by atoms with van der Waals surface area (Å²) in [6.07, 6.45) is 1.08. The molecule has 1 saturated carbocycles. The first-order valence-electron chi connectivity index (χ1n) is 7.62. The van der Waals surface area contributed by atoms with Gasteiger partial charge in [0.1, 0.15) is 12.6 Å². The number of esters is 1. The monoisotopic (exact) mass is 393 g/mol. The summed E-state index contributed by atoms with van der Waals surface area (Å²) in [5.41, 5.74) is 5.77. The number of aliphatic carboxylic acids is 1. The smallest absolute Gasteiger partial charge is 0.308 e. The zero-order valence-corrected chi connectivity index (χ0v) is 15.3. The fourth-order valence-corrected chi connectivity index (χ4v) is 2.61. The van der Waals surface area contributed by atoms with Gasteiger partial charge >= 0.3 is 11.9 Å². The Morgan fingerprint density at radius 2 is 1.92 bits per heavy atom. The van der Waals surface area contributed by atoms with Gasteiger partial charge in [0, 0.05) is 38.1 Å². The van der Waals surface area contributed by atoms with Gasteiger partial charge in [0.05, 0.1) is 30.9 Å². The quantitative estimate of drug-likeness (QED) is 0.208. The molecule has 1 amide bonds. The standard InChI is InChI=1S/C15H22N2O7.V/c1-17(14-10(15(22)23)6-11(14)16)12(20)3-2-4-24-13(21)5-9(7-18)8-19;/h7-11,14H,2-6,16H2,1H3,(H,22,23);. The summed E-state index contributed by atoms with van der Waals surface area (Å²) in [5.74, 6) is -3.62. The average molecular weight is 393 g/mol. The van der Waals surface area contributed by atoms with E-state index < -0.39 is 29.8 Å². The predicted octanol–water partition coefficient (Wildman–Crippen LogP) is -1.03. The van der Waals surface area contributed by atoms with Crippen molar-refractivity contribution >= 4 is 30.4 Å². The number of aldehydes is 2. The second kappa shape index (κ2) is 11.0. The number of hydrogen-bond acceptors (Lipinski definition) is 7. The molecule has 0 bridgehead atoms. The number of carbonyl (C=O) groups is 5. The minimum absolute atomic E-state index is 0. The molecule has 1 radical (unpaired) electrons. The van der Waals surface area contributed by atoms with Gasteiger partial charge < -0.3 is 30.1 Å². The summed E-state index contributed by atoms with van der Waals surface area (Å²) >= 11 is 0. The van der Waals surface area contributed by atoms with Crippen molar-refractivity contribution in [2.45, 2.75) is 37.8 Å². The average Bonchev–Trinajstić information content (AvgIpc) is 2.53. The van der Waals surface area contributed by atoms with E-state index in [1.807, 2.05) is 0 Å². The molecule has 3 atom stereocenters. The third kappa shape index (κ3) is 6.60. The van der Waals surface area contributed by atoms with Crippen molar-refractivity contribution in [3.8, 4) is 0 Å². The normalized spacial score (nSPS) is 21.5. The zero-order valence-electron chi connectivity index (χ0n) is 13.9. The van der Waals surface area contributed by atoms with Crippen molar-refractivity contribution < 1.29 is 52.4 Å². The van der Waals surface area contributed by atoms with Crippen LogP contribution in [0.2, 0.25) is 0 Å². The van der Waals surface area contributed by atoms with E-state index in [9.17, 15) is 24.0 Å². The molecular formula is C15H22N2O7V. The van der Waals surface area contributed by atoms with E-state index in [0.29, 0.717) is 19.0 Å². The number of likely N-dealkylation sites (N-methyl/N-ethyl adjacent to an activating group) is 1. The number of amides is 1. The van der Waals surface area contributed by atoms with Gasteiger partial charge in [0.2, 0.25) is 5.91 Å². The minimum atomic E-state index is -1.02. The number of carboxylic acid groups (broad SMARTS) is 1. The molecule has 10 heteroatoms. The van der Waals surface area contributed by atoms with E-state index >= 15 is 0 Å². The van der Waals surface area contributed by atoms with Crippen LogP contribution in [0.25, 0.3) is 0 Å². The van der Waals surface area contributed by atoms with Crippen LogP contribution in [-0.4, -0.2) is 66.2 Å². The van der Waals surface area contributed by atoms with Gasteiger partial charge in [-0.1, -0.05) is 0 Å². The van der Waals surface area contributed by atoms with Gasteiger partial charge in [0.15, 0.2) is 0 Å². The van der Waals surface area contributed by atoms with Crippen LogP contribution in [0.4, 0.5) is 0 Å².